The maximum absolute atomic E-state index is 10.6. The number of furan rings is 1. The minimum atomic E-state index is 0.335. The lowest BCUT2D eigenvalue weighted by molar-refractivity contribution is 0.110. The Morgan fingerprint density at radius 1 is 1.11 bits per heavy atom. The van der Waals surface area contributed by atoms with Crippen LogP contribution in [0.25, 0.3) is 17.0 Å². The lowest BCUT2D eigenvalue weighted by atomic mass is 10.1. The van der Waals surface area contributed by atoms with Crippen molar-refractivity contribution in [3.05, 3.63) is 60.1 Å². The summed E-state index contributed by atoms with van der Waals surface area (Å²) < 4.78 is 7.20. The molecule has 4 nitrogen and oxygen atoms in total. The van der Waals surface area contributed by atoms with Crippen molar-refractivity contribution in [2.75, 3.05) is 0 Å². The van der Waals surface area contributed by atoms with Crippen LogP contribution < -0.4 is 0 Å². The summed E-state index contributed by atoms with van der Waals surface area (Å²) >= 11 is 0. The van der Waals surface area contributed by atoms with Gasteiger partial charge in [0.2, 0.25) is 0 Å². The summed E-state index contributed by atoms with van der Waals surface area (Å²) in [5, 5.41) is 4.35. The molecule has 94 valence electrons. The summed E-state index contributed by atoms with van der Waals surface area (Å²) in [7, 11) is 0. The number of aryl methyl sites for hydroxylation is 1. The van der Waals surface area contributed by atoms with Crippen molar-refractivity contribution in [3.8, 4) is 17.0 Å². The Morgan fingerprint density at radius 3 is 2.47 bits per heavy atom. The van der Waals surface area contributed by atoms with Crippen LogP contribution in [-0.4, -0.2) is 16.1 Å². The van der Waals surface area contributed by atoms with E-state index in [2.05, 4.69) is 5.10 Å². The van der Waals surface area contributed by atoms with Crippen LogP contribution in [0.3, 0.4) is 0 Å². The molecule has 0 N–H and O–H groups in total. The molecule has 3 aromatic rings. The number of aromatic nitrogens is 2. The van der Waals surface area contributed by atoms with Crippen molar-refractivity contribution in [3.63, 3.8) is 0 Å². The lowest BCUT2D eigenvalue weighted by Gasteiger charge is -2.02. The van der Waals surface area contributed by atoms with Crippen molar-refractivity contribution in [1.29, 1.82) is 0 Å². The maximum Gasteiger partial charge on any atom is 0.185 e. The van der Waals surface area contributed by atoms with Gasteiger partial charge in [0.05, 0.1) is 11.4 Å². The van der Waals surface area contributed by atoms with Gasteiger partial charge < -0.3 is 4.42 Å². The van der Waals surface area contributed by atoms with Gasteiger partial charge in [0.25, 0.3) is 0 Å². The first kappa shape index (κ1) is 11.5. The average molecular weight is 252 g/mol. The number of rotatable bonds is 3. The van der Waals surface area contributed by atoms with E-state index >= 15 is 0 Å². The van der Waals surface area contributed by atoms with E-state index in [9.17, 15) is 4.79 Å². The number of carbonyl (C=O) groups is 1. The van der Waals surface area contributed by atoms with Gasteiger partial charge in [-0.2, -0.15) is 5.10 Å². The van der Waals surface area contributed by atoms with Gasteiger partial charge in [0.15, 0.2) is 12.0 Å². The van der Waals surface area contributed by atoms with E-state index in [-0.39, 0.29) is 0 Å². The van der Waals surface area contributed by atoms with Gasteiger partial charge in [0, 0.05) is 11.8 Å². The number of carbonyl (C=O) groups excluding carboxylic acids is 1. The molecule has 0 unspecified atom stereocenters. The summed E-state index contributed by atoms with van der Waals surface area (Å²) in [6.45, 7) is 1.95. The molecule has 4 heteroatoms. The molecule has 0 saturated carbocycles. The maximum atomic E-state index is 10.6. The Morgan fingerprint density at radius 2 is 1.89 bits per heavy atom. The second-order valence-corrected chi connectivity index (χ2v) is 4.27. The van der Waals surface area contributed by atoms with E-state index < -0.39 is 0 Å². The van der Waals surface area contributed by atoms with Gasteiger partial charge >= 0.3 is 0 Å². The highest BCUT2D eigenvalue weighted by Gasteiger charge is 2.05. The van der Waals surface area contributed by atoms with Crippen molar-refractivity contribution in [2.45, 2.75) is 6.92 Å². The topological polar surface area (TPSA) is 48.0 Å². The number of hydrogen-bond donors (Lipinski definition) is 0. The fourth-order valence-corrected chi connectivity index (χ4v) is 1.91. The van der Waals surface area contributed by atoms with Crippen molar-refractivity contribution in [1.82, 2.24) is 9.78 Å². The number of benzene rings is 1. The Kier molecular flexibility index (Phi) is 2.76. The molecule has 0 aliphatic heterocycles. The van der Waals surface area contributed by atoms with E-state index in [1.54, 1.807) is 12.1 Å². The van der Waals surface area contributed by atoms with E-state index in [0.717, 1.165) is 16.9 Å². The molecule has 2 aromatic heterocycles. The minimum absolute atomic E-state index is 0.335. The molecule has 0 atom stereocenters. The Hall–Kier alpha value is -2.62. The summed E-state index contributed by atoms with van der Waals surface area (Å²) in [6, 6.07) is 13.2. The van der Waals surface area contributed by atoms with Crippen LogP contribution in [0.1, 0.15) is 16.2 Å². The molecular weight excluding hydrogens is 240 g/mol. The zero-order valence-corrected chi connectivity index (χ0v) is 10.4. The highest BCUT2D eigenvalue weighted by molar-refractivity contribution is 5.72. The van der Waals surface area contributed by atoms with Gasteiger partial charge in [-0.05, 0) is 49.4 Å². The van der Waals surface area contributed by atoms with E-state index in [1.165, 1.54) is 0 Å². The van der Waals surface area contributed by atoms with Gasteiger partial charge in [0.1, 0.15) is 5.76 Å². The zero-order chi connectivity index (χ0) is 13.2. The fourth-order valence-electron chi connectivity index (χ4n) is 1.91. The first-order valence-corrected chi connectivity index (χ1v) is 5.94. The standard InChI is InChI=1S/C15H12N2O2/c1-11-8-9-17(16-11)13-4-2-12(3-5-13)15-7-6-14(10-18)19-15/h2-10H,1H3. The highest BCUT2D eigenvalue weighted by atomic mass is 16.3. The lowest BCUT2D eigenvalue weighted by Crippen LogP contribution is -1.94. The second-order valence-electron chi connectivity index (χ2n) is 4.27. The molecule has 0 saturated heterocycles. The quantitative estimate of drug-likeness (QED) is 0.672. The molecule has 2 heterocycles. The van der Waals surface area contributed by atoms with Crippen molar-refractivity contribution >= 4 is 6.29 Å². The predicted molar refractivity (Wildman–Crippen MR) is 71.4 cm³/mol. The first-order chi connectivity index (χ1) is 9.26. The third-order valence-corrected chi connectivity index (χ3v) is 2.88. The molecule has 0 fully saturated rings. The summed E-state index contributed by atoms with van der Waals surface area (Å²) in [6.07, 6.45) is 2.62. The van der Waals surface area contributed by atoms with Crippen LogP contribution in [-0.2, 0) is 0 Å². The summed E-state index contributed by atoms with van der Waals surface area (Å²) in [4.78, 5) is 10.6. The largest absolute Gasteiger partial charge is 0.453 e. The molecule has 0 aliphatic rings. The first-order valence-electron chi connectivity index (χ1n) is 5.94. The van der Waals surface area contributed by atoms with Crippen LogP contribution in [0, 0.1) is 6.92 Å². The van der Waals surface area contributed by atoms with Crippen LogP contribution in [0.2, 0.25) is 0 Å². The van der Waals surface area contributed by atoms with E-state index in [4.69, 9.17) is 4.42 Å². The van der Waals surface area contributed by atoms with Crippen LogP contribution in [0.4, 0.5) is 0 Å². The molecule has 0 aliphatic carbocycles. The molecule has 3 rings (SSSR count). The average Bonchev–Trinajstić information content (AvgIpc) is 3.07. The molecule has 0 radical (unpaired) electrons. The fraction of sp³-hybridized carbons (Fsp3) is 0.0667. The van der Waals surface area contributed by atoms with Gasteiger partial charge in [-0.1, -0.05) is 0 Å². The molecule has 0 bridgehead atoms. The molecule has 1 aromatic carbocycles. The zero-order valence-electron chi connectivity index (χ0n) is 10.4. The number of aldehydes is 1. The molecule has 0 spiro atoms. The smallest absolute Gasteiger partial charge is 0.185 e. The van der Waals surface area contributed by atoms with Gasteiger partial charge in [-0.25, -0.2) is 4.68 Å². The minimum Gasteiger partial charge on any atom is -0.453 e. The van der Waals surface area contributed by atoms with Crippen LogP contribution in [0.15, 0.2) is 53.1 Å². The summed E-state index contributed by atoms with van der Waals surface area (Å²) in [5.74, 6) is 1.02. The normalized spacial score (nSPS) is 10.6. The SMILES string of the molecule is Cc1ccn(-c2ccc(-c3ccc(C=O)o3)cc2)n1. The molecule has 0 amide bonds. The van der Waals surface area contributed by atoms with Gasteiger partial charge in [-0.15, -0.1) is 0 Å². The van der Waals surface area contributed by atoms with Crippen LogP contribution in [0.5, 0.6) is 0 Å². The summed E-state index contributed by atoms with van der Waals surface area (Å²) in [5.41, 5.74) is 2.89. The predicted octanol–water partition coefficient (Wildman–Crippen LogP) is 3.25. The highest BCUT2D eigenvalue weighted by Crippen LogP contribution is 2.22. The molecular formula is C15H12N2O2. The number of nitrogens with zero attached hydrogens (tertiary/aromatic N) is 2. The Balaban J connectivity index is 1.92. The second kappa shape index (κ2) is 4.57. The number of hydrogen-bond acceptors (Lipinski definition) is 3. The third kappa shape index (κ3) is 2.20. The van der Waals surface area contributed by atoms with E-state index in [1.807, 2.05) is 48.1 Å². The monoisotopic (exact) mass is 252 g/mol. The molecule has 19 heavy (non-hydrogen) atoms. The Labute approximate surface area is 110 Å². The van der Waals surface area contributed by atoms with Crippen LogP contribution >= 0.6 is 0 Å². The van der Waals surface area contributed by atoms with Crippen molar-refractivity contribution < 1.29 is 9.21 Å². The third-order valence-electron chi connectivity index (χ3n) is 2.88. The van der Waals surface area contributed by atoms with Gasteiger partial charge in [-0.3, -0.25) is 4.79 Å². The van der Waals surface area contributed by atoms with Crippen molar-refractivity contribution in [2.24, 2.45) is 0 Å². The van der Waals surface area contributed by atoms with E-state index in [0.29, 0.717) is 17.8 Å². The Bertz CT molecular complexity index is 708.